The van der Waals surface area contributed by atoms with Crippen LogP contribution in [-0.2, 0) is 10.0 Å². The topological polar surface area (TPSA) is 99.3 Å². The summed E-state index contributed by atoms with van der Waals surface area (Å²) in [5.74, 6) is -0.0932. The summed E-state index contributed by atoms with van der Waals surface area (Å²) in [5, 5.41) is 10.1. The molecule has 2 heterocycles. The summed E-state index contributed by atoms with van der Waals surface area (Å²) in [6.45, 7) is 5.04. The number of halogens is 2. The highest BCUT2D eigenvalue weighted by Crippen LogP contribution is 2.36. The van der Waals surface area contributed by atoms with E-state index in [9.17, 15) is 13.2 Å². The minimum Gasteiger partial charge on any atom is -0.337 e. The van der Waals surface area contributed by atoms with Crippen LogP contribution in [0.2, 0.25) is 10.0 Å². The van der Waals surface area contributed by atoms with Gasteiger partial charge in [-0.05, 0) is 30.4 Å². The molecule has 3 rings (SSSR count). The first kappa shape index (κ1) is 23.0. The maximum atomic E-state index is 13.4. The lowest BCUT2D eigenvalue weighted by atomic mass is 9.88. The van der Waals surface area contributed by atoms with Gasteiger partial charge >= 0.3 is 0 Å². The van der Waals surface area contributed by atoms with Crippen molar-refractivity contribution in [3.8, 4) is 0 Å². The summed E-state index contributed by atoms with van der Waals surface area (Å²) in [5.41, 5.74) is 0.321. The first-order chi connectivity index (χ1) is 14.2. The van der Waals surface area contributed by atoms with Crippen molar-refractivity contribution in [2.75, 3.05) is 20.1 Å². The molecule has 1 aliphatic heterocycles. The Labute approximate surface area is 186 Å². The van der Waals surface area contributed by atoms with Crippen LogP contribution in [0.15, 0.2) is 29.3 Å². The van der Waals surface area contributed by atoms with Gasteiger partial charge in [0, 0.05) is 26.2 Å². The Bertz CT molecular complexity index is 1000. The number of nitrogens with one attached hydrogen (secondary N) is 1. The van der Waals surface area contributed by atoms with E-state index in [1.54, 1.807) is 24.1 Å². The number of sulfonamides is 1. The van der Waals surface area contributed by atoms with E-state index in [2.05, 4.69) is 15.4 Å². The van der Waals surface area contributed by atoms with Gasteiger partial charge in [0.25, 0.3) is 5.91 Å². The third kappa shape index (κ3) is 4.34. The van der Waals surface area contributed by atoms with Gasteiger partial charge in [-0.25, -0.2) is 8.42 Å². The van der Waals surface area contributed by atoms with Crippen molar-refractivity contribution in [2.24, 2.45) is 11.8 Å². The predicted octanol–water partition coefficient (Wildman–Crippen LogP) is 3.31. The number of hydrogen-bond donors (Lipinski definition) is 1. The number of aromatic nitrogens is 3. The molecule has 0 radical (unpaired) electrons. The maximum Gasteiger partial charge on any atom is 0.273 e. The summed E-state index contributed by atoms with van der Waals surface area (Å²) in [6, 6.07) is 4.30. The lowest BCUT2D eigenvalue weighted by Gasteiger charge is -2.34. The molecule has 0 unspecified atom stereocenters. The van der Waals surface area contributed by atoms with Crippen LogP contribution in [0.4, 0.5) is 0 Å². The molecule has 1 aromatic heterocycles. The molecule has 8 nitrogen and oxygen atoms in total. The minimum absolute atomic E-state index is 0.0117. The highest BCUT2D eigenvalue weighted by molar-refractivity contribution is 7.89. The van der Waals surface area contributed by atoms with Gasteiger partial charge in [0.15, 0.2) is 0 Å². The molecule has 1 saturated heterocycles. The molecule has 0 bridgehead atoms. The highest BCUT2D eigenvalue weighted by Gasteiger charge is 2.42. The number of carbonyl (C=O) groups is 1. The Kier molecular flexibility index (Phi) is 7.06. The average Bonchev–Trinajstić information content (AvgIpc) is 3.37. The number of rotatable bonds is 7. The largest absolute Gasteiger partial charge is 0.337 e. The molecule has 1 aromatic carbocycles. The highest BCUT2D eigenvalue weighted by atomic mass is 35.5. The number of likely N-dealkylation sites (tertiary alicyclic amines) is 1. The Morgan fingerprint density at radius 3 is 2.73 bits per heavy atom. The smallest absolute Gasteiger partial charge is 0.273 e. The van der Waals surface area contributed by atoms with E-state index in [4.69, 9.17) is 23.2 Å². The van der Waals surface area contributed by atoms with Crippen molar-refractivity contribution in [1.29, 1.82) is 0 Å². The van der Waals surface area contributed by atoms with Crippen LogP contribution in [0.5, 0.6) is 0 Å². The Morgan fingerprint density at radius 1 is 1.37 bits per heavy atom. The van der Waals surface area contributed by atoms with Gasteiger partial charge < -0.3 is 4.90 Å². The van der Waals surface area contributed by atoms with E-state index in [1.807, 2.05) is 13.8 Å². The van der Waals surface area contributed by atoms with Crippen LogP contribution in [0.1, 0.15) is 37.2 Å². The molecule has 0 saturated carbocycles. The fourth-order valence-corrected chi connectivity index (χ4v) is 6.27. The van der Waals surface area contributed by atoms with Crippen molar-refractivity contribution in [3.63, 3.8) is 0 Å². The Morgan fingerprint density at radius 2 is 2.10 bits per heavy atom. The lowest BCUT2D eigenvalue weighted by Crippen LogP contribution is -2.44. The van der Waals surface area contributed by atoms with E-state index < -0.39 is 10.0 Å². The summed E-state index contributed by atoms with van der Waals surface area (Å²) < 4.78 is 28.1. The second-order valence-electron chi connectivity index (χ2n) is 7.65. The van der Waals surface area contributed by atoms with E-state index in [0.717, 1.165) is 6.42 Å². The Balaban J connectivity index is 1.87. The van der Waals surface area contributed by atoms with Gasteiger partial charge in [0.1, 0.15) is 10.6 Å². The summed E-state index contributed by atoms with van der Waals surface area (Å²) in [4.78, 5) is 14.4. The second kappa shape index (κ2) is 9.21. The number of carbonyl (C=O) groups excluding carboxylic acids is 1. The minimum atomic E-state index is -3.87. The lowest BCUT2D eigenvalue weighted by molar-refractivity contribution is 0.0774. The first-order valence-electron chi connectivity index (χ1n) is 9.75. The van der Waals surface area contributed by atoms with E-state index in [0.29, 0.717) is 25.2 Å². The van der Waals surface area contributed by atoms with Crippen LogP contribution >= 0.6 is 23.2 Å². The number of aromatic amines is 1. The fourth-order valence-electron chi connectivity index (χ4n) is 4.11. The second-order valence-corrected chi connectivity index (χ2v) is 10.4. The van der Waals surface area contributed by atoms with Gasteiger partial charge in [-0.3, -0.25) is 9.89 Å². The zero-order chi connectivity index (χ0) is 22.1. The number of hydrogen-bond acceptors (Lipinski definition) is 5. The van der Waals surface area contributed by atoms with Crippen molar-refractivity contribution < 1.29 is 13.2 Å². The molecular formula is C19H25Cl2N5O3S. The molecule has 1 amide bonds. The molecule has 1 fully saturated rings. The summed E-state index contributed by atoms with van der Waals surface area (Å²) >= 11 is 12.3. The number of nitrogens with zero attached hydrogens (tertiary/aromatic N) is 4. The van der Waals surface area contributed by atoms with Crippen molar-refractivity contribution in [1.82, 2.24) is 24.6 Å². The van der Waals surface area contributed by atoms with E-state index in [1.165, 1.54) is 16.6 Å². The molecule has 11 heteroatoms. The third-order valence-electron chi connectivity index (χ3n) is 5.72. The normalized spacial score (nSPS) is 20.7. The van der Waals surface area contributed by atoms with Crippen LogP contribution < -0.4 is 0 Å². The standard InChI is InChI=1S/C19H25Cl2N5O3S/c1-4-6-16(25(3)30(28,29)17-8-5-7-14(20)18(17)21)13-11-26(10-12(13)2)19(27)15-9-22-24-23-15/h5,7-9,12-13,16H,4,6,10-11H2,1-3H3,(H,22,23,24)/t12-,13+,16-/m1/s1. The molecule has 2 aromatic rings. The van der Waals surface area contributed by atoms with Gasteiger partial charge in [-0.1, -0.05) is 54.7 Å². The van der Waals surface area contributed by atoms with Crippen LogP contribution in [-0.4, -0.2) is 65.1 Å². The average molecular weight is 474 g/mol. The molecule has 164 valence electrons. The van der Waals surface area contributed by atoms with E-state index in [-0.39, 0.29) is 38.7 Å². The zero-order valence-electron chi connectivity index (χ0n) is 17.0. The van der Waals surface area contributed by atoms with Crippen LogP contribution in [0.25, 0.3) is 0 Å². The van der Waals surface area contributed by atoms with E-state index >= 15 is 0 Å². The fraction of sp³-hybridized carbons (Fsp3) is 0.526. The monoisotopic (exact) mass is 473 g/mol. The van der Waals surface area contributed by atoms with Crippen molar-refractivity contribution in [3.05, 3.63) is 40.1 Å². The molecule has 0 spiro atoms. The first-order valence-corrected chi connectivity index (χ1v) is 11.9. The van der Waals surface area contributed by atoms with Gasteiger partial charge in [-0.15, -0.1) is 5.10 Å². The zero-order valence-corrected chi connectivity index (χ0v) is 19.4. The molecular weight excluding hydrogens is 449 g/mol. The quantitative estimate of drug-likeness (QED) is 0.664. The molecule has 3 atom stereocenters. The maximum absolute atomic E-state index is 13.4. The van der Waals surface area contributed by atoms with Crippen molar-refractivity contribution >= 4 is 39.1 Å². The van der Waals surface area contributed by atoms with Crippen LogP contribution in [0.3, 0.4) is 0 Å². The number of amides is 1. The SMILES string of the molecule is CCC[C@H]([C@H]1CN(C(=O)c2cnn[nH]2)C[C@H]1C)N(C)S(=O)(=O)c1cccc(Cl)c1Cl. The summed E-state index contributed by atoms with van der Waals surface area (Å²) in [6.07, 6.45) is 2.85. The van der Waals surface area contributed by atoms with Crippen molar-refractivity contribution in [2.45, 2.75) is 37.6 Å². The molecule has 1 N–H and O–H groups in total. The third-order valence-corrected chi connectivity index (χ3v) is 8.58. The Hall–Kier alpha value is -1.68. The number of H-pyrrole nitrogens is 1. The van der Waals surface area contributed by atoms with Gasteiger partial charge in [-0.2, -0.15) is 4.31 Å². The van der Waals surface area contributed by atoms with Gasteiger partial charge in [0.2, 0.25) is 10.0 Å². The van der Waals surface area contributed by atoms with Crippen LogP contribution in [0, 0.1) is 11.8 Å². The van der Waals surface area contributed by atoms with Gasteiger partial charge in [0.05, 0.1) is 16.2 Å². The number of benzene rings is 1. The molecule has 30 heavy (non-hydrogen) atoms. The molecule has 0 aliphatic carbocycles. The molecule has 1 aliphatic rings. The predicted molar refractivity (Wildman–Crippen MR) is 115 cm³/mol. The summed E-state index contributed by atoms with van der Waals surface area (Å²) in [7, 11) is -2.30.